The van der Waals surface area contributed by atoms with Crippen LogP contribution < -0.4 is 4.74 Å². The van der Waals surface area contributed by atoms with E-state index in [1.807, 2.05) is 35.9 Å². The molecule has 0 N–H and O–H groups in total. The summed E-state index contributed by atoms with van der Waals surface area (Å²) in [5, 5.41) is 9.71. The monoisotopic (exact) mass is 373 g/mol. The molecule has 0 unspecified atom stereocenters. The number of methoxy groups -OCH3 is 1. The Balaban J connectivity index is 1.75. The summed E-state index contributed by atoms with van der Waals surface area (Å²) in [7, 11) is 3.49. The summed E-state index contributed by atoms with van der Waals surface area (Å²) in [6, 6.07) is 14.5. The zero-order valence-corrected chi connectivity index (χ0v) is 15.3. The van der Waals surface area contributed by atoms with Crippen molar-refractivity contribution in [2.75, 3.05) is 12.9 Å². The third kappa shape index (κ3) is 3.86. The number of hydrogen-bond acceptors (Lipinski definition) is 5. The van der Waals surface area contributed by atoms with Gasteiger partial charge in [-0.05, 0) is 36.4 Å². The second-order valence-electron chi connectivity index (χ2n) is 5.28. The van der Waals surface area contributed by atoms with Crippen LogP contribution in [0.1, 0.15) is 10.4 Å². The minimum Gasteiger partial charge on any atom is -0.496 e. The lowest BCUT2D eigenvalue weighted by atomic mass is 10.1. The third-order valence-corrected chi connectivity index (χ3v) is 4.95. The maximum atomic E-state index is 12.3. The summed E-state index contributed by atoms with van der Waals surface area (Å²) in [5.74, 6) is 1.72. The SMILES string of the molecule is COc1ccccc1-c1nnc(SCC(=O)c2ccc(Cl)cc2)n1C. The number of ketones is 1. The Labute approximate surface area is 155 Å². The maximum absolute atomic E-state index is 12.3. The molecule has 0 aliphatic heterocycles. The Kier molecular flexibility index (Phi) is 5.40. The van der Waals surface area contributed by atoms with E-state index >= 15 is 0 Å². The van der Waals surface area contributed by atoms with Crippen molar-refractivity contribution < 1.29 is 9.53 Å². The van der Waals surface area contributed by atoms with Gasteiger partial charge in [0.25, 0.3) is 0 Å². The van der Waals surface area contributed by atoms with Crippen LogP contribution in [0.3, 0.4) is 0 Å². The number of para-hydroxylation sites is 1. The number of carbonyl (C=O) groups is 1. The Morgan fingerprint density at radius 3 is 2.60 bits per heavy atom. The van der Waals surface area contributed by atoms with Gasteiger partial charge in [0, 0.05) is 17.6 Å². The van der Waals surface area contributed by atoms with E-state index in [1.165, 1.54) is 11.8 Å². The summed E-state index contributed by atoms with van der Waals surface area (Å²) >= 11 is 7.20. The minimum absolute atomic E-state index is 0.0171. The number of thioether (sulfide) groups is 1. The molecule has 0 bridgehead atoms. The van der Waals surface area contributed by atoms with Crippen molar-refractivity contribution in [2.24, 2.45) is 7.05 Å². The van der Waals surface area contributed by atoms with Crippen LogP contribution in [0, 0.1) is 0 Å². The fourth-order valence-corrected chi connectivity index (χ4v) is 3.29. The quantitative estimate of drug-likeness (QED) is 0.480. The molecule has 3 rings (SSSR count). The van der Waals surface area contributed by atoms with E-state index in [1.54, 1.807) is 31.4 Å². The van der Waals surface area contributed by atoms with Gasteiger partial charge < -0.3 is 9.30 Å². The molecule has 25 heavy (non-hydrogen) atoms. The number of carbonyl (C=O) groups excluding carboxylic acids is 1. The molecule has 0 aliphatic rings. The van der Waals surface area contributed by atoms with E-state index in [2.05, 4.69) is 10.2 Å². The van der Waals surface area contributed by atoms with E-state index in [9.17, 15) is 4.79 Å². The molecule has 3 aromatic rings. The first-order chi connectivity index (χ1) is 12.1. The summed E-state index contributed by atoms with van der Waals surface area (Å²) in [6.07, 6.45) is 0. The molecular formula is C18H16ClN3O2S. The molecule has 0 radical (unpaired) electrons. The smallest absolute Gasteiger partial charge is 0.191 e. The largest absolute Gasteiger partial charge is 0.496 e. The normalized spacial score (nSPS) is 10.7. The maximum Gasteiger partial charge on any atom is 0.191 e. The van der Waals surface area contributed by atoms with Crippen LogP contribution in [0.2, 0.25) is 5.02 Å². The number of rotatable bonds is 6. The number of ether oxygens (including phenoxy) is 1. The van der Waals surface area contributed by atoms with Gasteiger partial charge in [0.15, 0.2) is 16.8 Å². The van der Waals surface area contributed by atoms with Crippen molar-refractivity contribution in [1.29, 1.82) is 0 Å². The van der Waals surface area contributed by atoms with Gasteiger partial charge in [-0.25, -0.2) is 0 Å². The van der Waals surface area contributed by atoms with Gasteiger partial charge in [-0.1, -0.05) is 35.5 Å². The summed E-state index contributed by atoms with van der Waals surface area (Å²) < 4.78 is 7.24. The van der Waals surface area contributed by atoms with Crippen molar-refractivity contribution >= 4 is 29.1 Å². The van der Waals surface area contributed by atoms with Crippen molar-refractivity contribution in [3.05, 3.63) is 59.1 Å². The number of Topliss-reactive ketones (excluding diaryl/α,β-unsaturated/α-hetero) is 1. The van der Waals surface area contributed by atoms with Gasteiger partial charge in [-0.15, -0.1) is 10.2 Å². The molecule has 0 atom stereocenters. The van der Waals surface area contributed by atoms with Gasteiger partial charge in [0.2, 0.25) is 0 Å². The fraction of sp³-hybridized carbons (Fsp3) is 0.167. The van der Waals surface area contributed by atoms with Gasteiger partial charge in [0.05, 0.1) is 18.4 Å². The second-order valence-corrected chi connectivity index (χ2v) is 6.66. The molecule has 2 aromatic carbocycles. The Morgan fingerprint density at radius 2 is 1.88 bits per heavy atom. The molecule has 0 spiro atoms. The summed E-state index contributed by atoms with van der Waals surface area (Å²) in [4.78, 5) is 12.3. The molecule has 1 aromatic heterocycles. The van der Waals surface area contributed by atoms with Crippen molar-refractivity contribution in [2.45, 2.75) is 5.16 Å². The molecule has 5 nitrogen and oxygen atoms in total. The average molecular weight is 374 g/mol. The lowest BCUT2D eigenvalue weighted by Crippen LogP contribution is -2.04. The van der Waals surface area contributed by atoms with E-state index in [0.717, 1.165) is 11.3 Å². The first-order valence-electron chi connectivity index (χ1n) is 7.54. The van der Waals surface area contributed by atoms with Gasteiger partial charge in [-0.2, -0.15) is 0 Å². The molecular weight excluding hydrogens is 358 g/mol. The summed E-state index contributed by atoms with van der Waals surface area (Å²) in [6.45, 7) is 0. The molecule has 0 aliphatic carbocycles. The highest BCUT2D eigenvalue weighted by Gasteiger charge is 2.16. The molecule has 0 saturated carbocycles. The number of benzene rings is 2. The highest BCUT2D eigenvalue weighted by Crippen LogP contribution is 2.30. The van der Waals surface area contributed by atoms with E-state index < -0.39 is 0 Å². The van der Waals surface area contributed by atoms with E-state index in [-0.39, 0.29) is 11.5 Å². The lowest BCUT2D eigenvalue weighted by Gasteiger charge is -2.08. The van der Waals surface area contributed by atoms with Crippen LogP contribution in [0.25, 0.3) is 11.4 Å². The number of hydrogen-bond donors (Lipinski definition) is 0. The van der Waals surface area contributed by atoms with Crippen molar-refractivity contribution in [1.82, 2.24) is 14.8 Å². The van der Waals surface area contributed by atoms with E-state index in [0.29, 0.717) is 21.6 Å². The van der Waals surface area contributed by atoms with Gasteiger partial charge in [-0.3, -0.25) is 4.79 Å². The fourth-order valence-electron chi connectivity index (χ4n) is 2.35. The zero-order valence-electron chi connectivity index (χ0n) is 13.8. The summed E-state index contributed by atoms with van der Waals surface area (Å²) in [5.41, 5.74) is 1.49. The van der Waals surface area contributed by atoms with Crippen LogP contribution >= 0.6 is 23.4 Å². The predicted molar refractivity (Wildman–Crippen MR) is 99.5 cm³/mol. The van der Waals surface area contributed by atoms with Crippen molar-refractivity contribution in [3.8, 4) is 17.1 Å². The van der Waals surface area contributed by atoms with Gasteiger partial charge >= 0.3 is 0 Å². The lowest BCUT2D eigenvalue weighted by molar-refractivity contribution is 0.102. The Bertz CT molecular complexity index is 894. The van der Waals surface area contributed by atoms with Crippen LogP contribution in [-0.2, 0) is 7.05 Å². The molecule has 1 heterocycles. The zero-order chi connectivity index (χ0) is 17.8. The molecule has 7 heteroatoms. The minimum atomic E-state index is 0.0171. The number of nitrogens with zero attached hydrogens (tertiary/aromatic N) is 3. The highest BCUT2D eigenvalue weighted by molar-refractivity contribution is 7.99. The Morgan fingerprint density at radius 1 is 1.16 bits per heavy atom. The Hall–Kier alpha value is -2.31. The first-order valence-corrected chi connectivity index (χ1v) is 8.91. The molecule has 0 saturated heterocycles. The number of aromatic nitrogens is 3. The van der Waals surface area contributed by atoms with E-state index in [4.69, 9.17) is 16.3 Å². The topological polar surface area (TPSA) is 57.0 Å². The van der Waals surface area contributed by atoms with Crippen LogP contribution in [0.15, 0.2) is 53.7 Å². The molecule has 128 valence electrons. The third-order valence-electron chi connectivity index (χ3n) is 3.68. The number of halogens is 1. The van der Waals surface area contributed by atoms with Crippen LogP contribution in [0.4, 0.5) is 0 Å². The first kappa shape index (κ1) is 17.5. The standard InChI is InChI=1S/C18H16ClN3O2S/c1-22-17(14-5-3-4-6-16(14)24-2)20-21-18(22)25-11-15(23)12-7-9-13(19)10-8-12/h3-10H,11H2,1-2H3. The van der Waals surface area contributed by atoms with Crippen molar-refractivity contribution in [3.63, 3.8) is 0 Å². The second kappa shape index (κ2) is 7.72. The molecule has 0 fully saturated rings. The van der Waals surface area contributed by atoms with Crippen LogP contribution in [-0.4, -0.2) is 33.4 Å². The molecule has 0 amide bonds. The van der Waals surface area contributed by atoms with Gasteiger partial charge in [0.1, 0.15) is 5.75 Å². The highest BCUT2D eigenvalue weighted by atomic mass is 35.5. The average Bonchev–Trinajstić information content (AvgIpc) is 3.00. The van der Waals surface area contributed by atoms with Crippen LogP contribution in [0.5, 0.6) is 5.75 Å². The predicted octanol–water partition coefficient (Wildman–Crippen LogP) is 4.12.